The number of rotatable bonds is 8. The third-order valence-corrected chi connectivity index (χ3v) is 7.74. The van der Waals surface area contributed by atoms with Crippen LogP contribution in [0.5, 0.6) is 0 Å². The average Bonchev–Trinajstić information content (AvgIpc) is 3.69. The first-order chi connectivity index (χ1) is 19.8. The van der Waals surface area contributed by atoms with Gasteiger partial charge in [0.15, 0.2) is 23.0 Å². The number of hydrogen-bond acceptors (Lipinski definition) is 9. The molecule has 0 spiro atoms. The minimum Gasteiger partial charge on any atom is -0.382 e. The molecular formula is C28H33N11O2. The average molecular weight is 556 g/mol. The Hall–Kier alpha value is -4.94. The Bertz CT molecular complexity index is 1650. The maximum absolute atomic E-state index is 12.8. The summed E-state index contributed by atoms with van der Waals surface area (Å²) in [4.78, 5) is 45.3. The minimum absolute atomic E-state index is 0.209. The molecule has 5 N–H and O–H groups in total. The highest BCUT2D eigenvalue weighted by molar-refractivity contribution is 6.01. The van der Waals surface area contributed by atoms with Crippen molar-refractivity contribution in [1.82, 2.24) is 39.7 Å². The molecule has 0 bridgehead atoms. The van der Waals surface area contributed by atoms with Gasteiger partial charge in [-0.2, -0.15) is 9.97 Å². The van der Waals surface area contributed by atoms with Crippen molar-refractivity contribution in [1.29, 1.82) is 0 Å². The Balaban J connectivity index is 1.09. The number of imidazole rings is 2. The zero-order valence-corrected chi connectivity index (χ0v) is 23.1. The van der Waals surface area contributed by atoms with Crippen LogP contribution in [0.15, 0.2) is 43.0 Å². The molecule has 13 heteroatoms. The monoisotopic (exact) mass is 555 g/mol. The molecule has 41 heavy (non-hydrogen) atoms. The lowest BCUT2D eigenvalue weighted by Crippen LogP contribution is -2.41. The lowest BCUT2D eigenvalue weighted by atomic mass is 10.2. The van der Waals surface area contributed by atoms with Crippen molar-refractivity contribution in [3.63, 3.8) is 0 Å². The number of amides is 2. The normalized spacial score (nSPS) is 15.3. The first kappa shape index (κ1) is 26.3. The zero-order chi connectivity index (χ0) is 28.7. The number of nitrogen functional groups attached to an aromatic ring is 1. The number of benzene rings is 1. The van der Waals surface area contributed by atoms with Crippen molar-refractivity contribution in [2.75, 3.05) is 29.0 Å². The number of carbonyl (C=O) groups excluding carboxylic acids is 2. The van der Waals surface area contributed by atoms with Crippen molar-refractivity contribution in [2.45, 2.75) is 45.1 Å². The second-order valence-corrected chi connectivity index (χ2v) is 10.3. The van der Waals surface area contributed by atoms with Crippen LogP contribution in [0.4, 0.5) is 23.3 Å². The Kier molecular flexibility index (Phi) is 6.77. The van der Waals surface area contributed by atoms with Gasteiger partial charge in [-0.3, -0.25) is 9.59 Å². The van der Waals surface area contributed by atoms with E-state index in [1.165, 1.54) is 12.8 Å². The van der Waals surface area contributed by atoms with Crippen molar-refractivity contribution in [3.8, 4) is 0 Å². The van der Waals surface area contributed by atoms with E-state index in [0.29, 0.717) is 71.6 Å². The third-order valence-electron chi connectivity index (χ3n) is 7.74. The van der Waals surface area contributed by atoms with E-state index in [1.54, 1.807) is 42.2 Å². The lowest BCUT2D eigenvalue weighted by Gasteiger charge is -2.28. The molecule has 0 radical (unpaired) electrons. The van der Waals surface area contributed by atoms with Gasteiger partial charge >= 0.3 is 0 Å². The van der Waals surface area contributed by atoms with E-state index in [9.17, 15) is 9.59 Å². The van der Waals surface area contributed by atoms with Gasteiger partial charge in [-0.1, -0.05) is 19.4 Å². The molecule has 2 aliphatic rings. The minimum atomic E-state index is -0.235. The number of carbonyl (C=O) groups is 2. The van der Waals surface area contributed by atoms with Crippen molar-refractivity contribution >= 4 is 46.2 Å². The van der Waals surface area contributed by atoms with Gasteiger partial charge in [-0.15, -0.1) is 0 Å². The smallest absolute Gasteiger partial charge is 0.277 e. The molecule has 2 amide bonds. The summed E-state index contributed by atoms with van der Waals surface area (Å²) in [6.07, 6.45) is 6.89. The first-order valence-corrected chi connectivity index (χ1v) is 13.8. The number of aromatic nitrogens is 6. The Morgan fingerprint density at radius 1 is 1.17 bits per heavy atom. The van der Waals surface area contributed by atoms with Crippen LogP contribution in [-0.4, -0.2) is 54.0 Å². The molecule has 212 valence electrons. The fraction of sp³-hybridized carbons (Fsp3) is 0.357. The fourth-order valence-electron chi connectivity index (χ4n) is 5.59. The SMILES string of the molecule is C=C1NC(=O)c2c(nc(CCNC(=O)c3ccc(Nc4nc(N)c5ncn(C6CCCC6)c5n4)cc3)n2C)N1CC. The highest BCUT2D eigenvalue weighted by Gasteiger charge is 2.31. The largest absolute Gasteiger partial charge is 0.382 e. The van der Waals surface area contributed by atoms with E-state index in [2.05, 4.69) is 42.0 Å². The molecule has 1 saturated carbocycles. The Labute approximate surface area is 236 Å². The number of fused-ring (bicyclic) bond motifs is 2. The molecule has 1 aromatic carbocycles. The van der Waals surface area contributed by atoms with Gasteiger partial charge in [0, 0.05) is 43.9 Å². The van der Waals surface area contributed by atoms with Crippen LogP contribution in [0.2, 0.25) is 0 Å². The van der Waals surface area contributed by atoms with E-state index in [-0.39, 0.29) is 11.8 Å². The van der Waals surface area contributed by atoms with Crippen LogP contribution in [0.1, 0.15) is 65.3 Å². The van der Waals surface area contributed by atoms with E-state index >= 15 is 0 Å². The molecular weight excluding hydrogens is 522 g/mol. The van der Waals surface area contributed by atoms with E-state index in [4.69, 9.17) is 10.7 Å². The summed E-state index contributed by atoms with van der Waals surface area (Å²) in [5.74, 6) is 2.05. The predicted molar refractivity (Wildman–Crippen MR) is 156 cm³/mol. The molecule has 0 saturated heterocycles. The zero-order valence-electron chi connectivity index (χ0n) is 23.1. The number of nitrogens with one attached hydrogen (secondary N) is 3. The van der Waals surface area contributed by atoms with Gasteiger partial charge in [0.05, 0.1) is 6.33 Å². The molecule has 13 nitrogen and oxygen atoms in total. The topological polar surface area (TPSA) is 161 Å². The predicted octanol–water partition coefficient (Wildman–Crippen LogP) is 3.01. The Morgan fingerprint density at radius 3 is 2.66 bits per heavy atom. The molecule has 4 aromatic rings. The summed E-state index contributed by atoms with van der Waals surface area (Å²) < 4.78 is 3.86. The summed E-state index contributed by atoms with van der Waals surface area (Å²) in [7, 11) is 1.80. The molecule has 1 aliphatic carbocycles. The quantitative estimate of drug-likeness (QED) is 0.256. The summed E-state index contributed by atoms with van der Waals surface area (Å²) in [5, 5.41) is 8.89. The Morgan fingerprint density at radius 2 is 1.93 bits per heavy atom. The van der Waals surface area contributed by atoms with Gasteiger partial charge in [0.2, 0.25) is 5.95 Å². The van der Waals surface area contributed by atoms with Gasteiger partial charge in [-0.25, -0.2) is 9.97 Å². The number of nitrogens with zero attached hydrogens (tertiary/aromatic N) is 7. The summed E-state index contributed by atoms with van der Waals surface area (Å²) in [5.41, 5.74) is 9.24. The van der Waals surface area contributed by atoms with Crippen LogP contribution in [-0.2, 0) is 13.5 Å². The highest BCUT2D eigenvalue weighted by Crippen LogP contribution is 2.33. The molecule has 0 unspecified atom stereocenters. The molecule has 4 heterocycles. The van der Waals surface area contributed by atoms with Gasteiger partial charge in [0.25, 0.3) is 11.8 Å². The highest BCUT2D eigenvalue weighted by atomic mass is 16.2. The summed E-state index contributed by atoms with van der Waals surface area (Å²) >= 11 is 0. The summed E-state index contributed by atoms with van der Waals surface area (Å²) in [6, 6.07) is 7.44. The maximum atomic E-state index is 12.8. The van der Waals surface area contributed by atoms with Crippen LogP contribution < -0.4 is 26.6 Å². The standard InChI is InChI=1S/C28H33N11O2/c1-4-38-16(2)32-27(41)22-25(38)34-20(37(22)3)13-14-30-26(40)17-9-11-18(12-10-17)33-28-35-23(29)21-24(36-28)39(15-31-21)19-7-5-6-8-19/h9-12,15,19H,2,4-8,13-14H2,1,3H3,(H,30,40)(H,32,41)(H3,29,33,35,36). The molecule has 1 aliphatic heterocycles. The van der Waals surface area contributed by atoms with Gasteiger partial charge in [0.1, 0.15) is 17.2 Å². The number of hydrogen-bond donors (Lipinski definition) is 4. The van der Waals surface area contributed by atoms with Crippen LogP contribution in [0.25, 0.3) is 11.2 Å². The second kappa shape index (κ2) is 10.6. The van der Waals surface area contributed by atoms with E-state index < -0.39 is 0 Å². The number of anilines is 4. The van der Waals surface area contributed by atoms with Crippen molar-refractivity contribution in [3.05, 3.63) is 60.1 Å². The summed E-state index contributed by atoms with van der Waals surface area (Å²) in [6.45, 7) is 6.86. The van der Waals surface area contributed by atoms with Crippen molar-refractivity contribution in [2.24, 2.45) is 7.05 Å². The van der Waals surface area contributed by atoms with E-state index in [1.807, 2.05) is 11.8 Å². The van der Waals surface area contributed by atoms with Crippen LogP contribution in [0.3, 0.4) is 0 Å². The molecule has 3 aromatic heterocycles. The molecule has 0 atom stereocenters. The third kappa shape index (κ3) is 4.83. The van der Waals surface area contributed by atoms with Crippen LogP contribution in [0, 0.1) is 0 Å². The number of nitrogens with two attached hydrogens (primary N) is 1. The van der Waals surface area contributed by atoms with Gasteiger partial charge < -0.3 is 35.7 Å². The van der Waals surface area contributed by atoms with Crippen molar-refractivity contribution < 1.29 is 9.59 Å². The maximum Gasteiger partial charge on any atom is 0.277 e. The fourth-order valence-corrected chi connectivity index (χ4v) is 5.59. The van der Waals surface area contributed by atoms with E-state index in [0.717, 1.165) is 24.2 Å². The molecule has 6 rings (SSSR count). The molecule has 1 fully saturated rings. The van der Waals surface area contributed by atoms with Crippen LogP contribution >= 0.6 is 0 Å². The first-order valence-electron chi connectivity index (χ1n) is 13.8. The van der Waals surface area contributed by atoms with Gasteiger partial charge in [-0.05, 0) is 44.0 Å². The second-order valence-electron chi connectivity index (χ2n) is 10.3. The lowest BCUT2D eigenvalue weighted by molar-refractivity contribution is 0.0943.